The van der Waals surface area contributed by atoms with E-state index in [0.29, 0.717) is 11.6 Å². The second kappa shape index (κ2) is 5.71. The molecule has 1 heterocycles. The van der Waals surface area contributed by atoms with Gasteiger partial charge in [-0.25, -0.2) is 0 Å². The molecule has 2 aliphatic carbocycles. The van der Waals surface area contributed by atoms with Crippen LogP contribution in [-0.4, -0.2) is 29.9 Å². The molecule has 4 rings (SSSR count). The Kier molecular flexibility index (Phi) is 3.81. The van der Waals surface area contributed by atoms with Crippen LogP contribution in [0.25, 0.3) is 0 Å². The van der Waals surface area contributed by atoms with Gasteiger partial charge in [-0.3, -0.25) is 9.59 Å². The number of benzene rings is 1. The van der Waals surface area contributed by atoms with Crippen LogP contribution in [-0.2, 0) is 19.1 Å². The summed E-state index contributed by atoms with van der Waals surface area (Å²) in [6.45, 7) is 2.13. The summed E-state index contributed by atoms with van der Waals surface area (Å²) in [5, 5.41) is 0.803. The van der Waals surface area contributed by atoms with Gasteiger partial charge in [0.2, 0.25) is 0 Å². The highest BCUT2D eigenvalue weighted by molar-refractivity contribution is 8.00. The smallest absolute Gasteiger partial charge is 0.310 e. The third-order valence-corrected chi connectivity index (χ3v) is 6.88. The maximum Gasteiger partial charge on any atom is 0.310 e. The zero-order valence-electron chi connectivity index (χ0n) is 12.6. The highest BCUT2D eigenvalue weighted by atomic mass is 35.5. The first kappa shape index (κ1) is 15.3. The van der Waals surface area contributed by atoms with E-state index in [4.69, 9.17) is 21.1 Å². The van der Waals surface area contributed by atoms with Crippen LogP contribution in [0.3, 0.4) is 0 Å². The monoisotopic (exact) mass is 352 g/mol. The van der Waals surface area contributed by atoms with Crippen molar-refractivity contribution in [3.05, 3.63) is 29.3 Å². The van der Waals surface area contributed by atoms with Crippen molar-refractivity contribution in [3.63, 3.8) is 0 Å². The van der Waals surface area contributed by atoms with Crippen molar-refractivity contribution in [2.75, 3.05) is 6.61 Å². The largest absolute Gasteiger partial charge is 0.466 e. The van der Waals surface area contributed by atoms with Crippen molar-refractivity contribution in [1.82, 2.24) is 0 Å². The van der Waals surface area contributed by atoms with E-state index in [9.17, 15) is 9.59 Å². The molecule has 1 saturated heterocycles. The molecule has 4 nitrogen and oxygen atoms in total. The highest BCUT2D eigenvalue weighted by Crippen LogP contribution is 2.61. The lowest BCUT2D eigenvalue weighted by Gasteiger charge is -2.30. The number of fused-ring (bicyclic) bond motifs is 1. The Bertz CT molecular complexity index is 646. The molecule has 0 N–H and O–H groups in total. The molecule has 0 radical (unpaired) electrons. The molecule has 6 atom stereocenters. The molecule has 1 aromatic carbocycles. The molecular formula is C17H17ClO4S. The maximum atomic E-state index is 12.4. The van der Waals surface area contributed by atoms with Crippen molar-refractivity contribution >= 4 is 35.3 Å². The summed E-state index contributed by atoms with van der Waals surface area (Å²) in [5.41, 5.74) is 0. The van der Waals surface area contributed by atoms with Crippen LogP contribution in [0.4, 0.5) is 0 Å². The topological polar surface area (TPSA) is 52.6 Å². The third kappa shape index (κ3) is 2.36. The Morgan fingerprint density at radius 2 is 2.09 bits per heavy atom. The van der Waals surface area contributed by atoms with Crippen LogP contribution in [0.2, 0.25) is 5.02 Å². The van der Waals surface area contributed by atoms with Gasteiger partial charge in [0, 0.05) is 15.8 Å². The summed E-state index contributed by atoms with van der Waals surface area (Å²) in [6, 6.07) is 7.63. The van der Waals surface area contributed by atoms with Gasteiger partial charge in [0.15, 0.2) is 0 Å². The van der Waals surface area contributed by atoms with Crippen LogP contribution in [0.1, 0.15) is 13.3 Å². The molecule has 3 aliphatic rings. The van der Waals surface area contributed by atoms with E-state index in [1.165, 1.54) is 0 Å². The molecule has 0 amide bonds. The van der Waals surface area contributed by atoms with Gasteiger partial charge in [0.25, 0.3) is 0 Å². The molecular weight excluding hydrogens is 336 g/mol. The summed E-state index contributed by atoms with van der Waals surface area (Å²) in [7, 11) is 0. The fourth-order valence-corrected chi connectivity index (χ4v) is 5.96. The molecule has 0 aromatic heterocycles. The van der Waals surface area contributed by atoms with Crippen molar-refractivity contribution in [1.29, 1.82) is 0 Å². The molecule has 3 fully saturated rings. The molecule has 1 aromatic rings. The van der Waals surface area contributed by atoms with Crippen LogP contribution < -0.4 is 0 Å². The zero-order valence-corrected chi connectivity index (χ0v) is 14.2. The van der Waals surface area contributed by atoms with Gasteiger partial charge in [-0.05, 0) is 43.5 Å². The SMILES string of the molecule is CCOC(=O)C1C2CC3C(OC(=O)C31)C2Sc1ccc(Cl)cc1. The van der Waals surface area contributed by atoms with Gasteiger partial charge in [-0.15, -0.1) is 11.8 Å². The predicted molar refractivity (Wildman–Crippen MR) is 86.2 cm³/mol. The van der Waals surface area contributed by atoms with E-state index in [-0.39, 0.29) is 47.0 Å². The Labute approximate surface area is 143 Å². The number of carbonyl (C=O) groups is 2. The first-order chi connectivity index (χ1) is 11.1. The average Bonchev–Trinajstić information content (AvgIpc) is 3.13. The summed E-state index contributed by atoms with van der Waals surface area (Å²) in [4.78, 5) is 25.6. The number of esters is 2. The van der Waals surface area contributed by atoms with E-state index in [2.05, 4.69) is 0 Å². The van der Waals surface area contributed by atoms with E-state index in [0.717, 1.165) is 11.3 Å². The normalized spacial score (nSPS) is 37.0. The van der Waals surface area contributed by atoms with E-state index >= 15 is 0 Å². The fourth-order valence-electron chi connectivity index (χ4n) is 4.38. The molecule has 2 saturated carbocycles. The van der Waals surface area contributed by atoms with Gasteiger partial charge in [0.1, 0.15) is 6.10 Å². The standard InChI is InChI=1S/C17H17ClO4S/c1-2-21-16(19)13-11-7-10-12(13)17(20)22-14(10)15(11)23-9-5-3-8(18)4-6-9/h3-6,10-15H,2,7H2,1H3. The number of hydrogen-bond donors (Lipinski definition) is 0. The Balaban J connectivity index is 1.60. The number of thioether (sulfide) groups is 1. The van der Waals surface area contributed by atoms with Gasteiger partial charge >= 0.3 is 11.9 Å². The van der Waals surface area contributed by atoms with Gasteiger partial charge in [0.05, 0.1) is 23.7 Å². The summed E-state index contributed by atoms with van der Waals surface area (Å²) in [5.74, 6) is -0.821. The van der Waals surface area contributed by atoms with Crippen LogP contribution >= 0.6 is 23.4 Å². The highest BCUT2D eigenvalue weighted by Gasteiger charge is 2.68. The fraction of sp³-hybridized carbons (Fsp3) is 0.529. The van der Waals surface area contributed by atoms with E-state index in [1.807, 2.05) is 24.3 Å². The Morgan fingerprint density at radius 1 is 1.35 bits per heavy atom. The van der Waals surface area contributed by atoms with Crippen molar-refractivity contribution in [2.24, 2.45) is 23.7 Å². The number of carbonyl (C=O) groups excluding carboxylic acids is 2. The summed E-state index contributed by atoms with van der Waals surface area (Å²) >= 11 is 7.61. The van der Waals surface area contributed by atoms with Crippen molar-refractivity contribution < 1.29 is 19.1 Å². The number of rotatable bonds is 4. The minimum absolute atomic E-state index is 0.0798. The molecule has 1 aliphatic heterocycles. The molecule has 0 spiro atoms. The van der Waals surface area contributed by atoms with Gasteiger partial charge in [-0.2, -0.15) is 0 Å². The quantitative estimate of drug-likeness (QED) is 0.779. The minimum atomic E-state index is -0.351. The lowest BCUT2D eigenvalue weighted by molar-refractivity contribution is -0.155. The number of ether oxygens (including phenoxy) is 2. The summed E-state index contributed by atoms with van der Waals surface area (Å²) < 4.78 is 10.8. The second-order valence-electron chi connectivity index (χ2n) is 6.30. The molecule has 6 unspecified atom stereocenters. The maximum absolute atomic E-state index is 12.4. The lowest BCUT2D eigenvalue weighted by Crippen LogP contribution is -2.40. The van der Waals surface area contributed by atoms with Crippen molar-refractivity contribution in [2.45, 2.75) is 29.6 Å². The molecule has 23 heavy (non-hydrogen) atoms. The first-order valence-electron chi connectivity index (χ1n) is 7.89. The number of halogens is 1. The van der Waals surface area contributed by atoms with Gasteiger partial charge < -0.3 is 9.47 Å². The van der Waals surface area contributed by atoms with Crippen LogP contribution in [0.15, 0.2) is 29.2 Å². The zero-order chi connectivity index (χ0) is 16.1. The Morgan fingerprint density at radius 3 is 2.78 bits per heavy atom. The van der Waals surface area contributed by atoms with Crippen LogP contribution in [0, 0.1) is 23.7 Å². The molecule has 6 heteroatoms. The first-order valence-corrected chi connectivity index (χ1v) is 9.15. The van der Waals surface area contributed by atoms with E-state index in [1.54, 1.807) is 18.7 Å². The van der Waals surface area contributed by atoms with Crippen LogP contribution in [0.5, 0.6) is 0 Å². The predicted octanol–water partition coefficient (Wildman–Crippen LogP) is 3.17. The average molecular weight is 353 g/mol. The second-order valence-corrected chi connectivity index (χ2v) is 7.99. The lowest BCUT2D eigenvalue weighted by atomic mass is 9.80. The summed E-state index contributed by atoms with van der Waals surface area (Å²) in [6.07, 6.45) is 0.791. The molecule has 122 valence electrons. The Hall–Kier alpha value is -1.20. The van der Waals surface area contributed by atoms with Crippen molar-refractivity contribution in [3.8, 4) is 0 Å². The minimum Gasteiger partial charge on any atom is -0.466 e. The molecule has 2 bridgehead atoms. The number of hydrogen-bond acceptors (Lipinski definition) is 5. The third-order valence-electron chi connectivity index (χ3n) is 5.19. The van der Waals surface area contributed by atoms with E-state index < -0.39 is 0 Å². The van der Waals surface area contributed by atoms with Gasteiger partial charge in [-0.1, -0.05) is 11.6 Å².